The average Bonchev–Trinajstić information content (AvgIpc) is 2.46. The summed E-state index contributed by atoms with van der Waals surface area (Å²) in [4.78, 5) is 13.6. The van der Waals surface area contributed by atoms with Gasteiger partial charge in [-0.1, -0.05) is 6.07 Å². The molecule has 1 aliphatic heterocycles. The minimum atomic E-state index is -0.967. The first-order valence-electron chi connectivity index (χ1n) is 7.24. The molecule has 0 radical (unpaired) electrons. The summed E-state index contributed by atoms with van der Waals surface area (Å²) in [6.45, 7) is 4.20. The Morgan fingerprint density at radius 2 is 2.19 bits per heavy atom. The first-order chi connectivity index (χ1) is 9.91. The number of carboxylic acids is 1. The highest BCUT2D eigenvalue weighted by Crippen LogP contribution is 2.39. The van der Waals surface area contributed by atoms with Gasteiger partial charge in [-0.3, -0.25) is 9.69 Å². The van der Waals surface area contributed by atoms with Crippen LogP contribution in [0.2, 0.25) is 0 Å². The lowest BCUT2D eigenvalue weighted by molar-refractivity contribution is -0.155. The molecule has 2 unspecified atom stereocenters. The fraction of sp³-hybridized carbons (Fsp3) is 0.562. The number of benzene rings is 1. The normalized spacial score (nSPS) is 24.6. The van der Waals surface area contributed by atoms with E-state index in [1.54, 1.807) is 19.1 Å². The molecule has 2 atom stereocenters. The van der Waals surface area contributed by atoms with Crippen molar-refractivity contribution in [1.29, 1.82) is 0 Å². The highest BCUT2D eigenvalue weighted by atomic mass is 19.1. The van der Waals surface area contributed by atoms with Gasteiger partial charge in [-0.15, -0.1) is 0 Å². The molecule has 0 bridgehead atoms. The molecule has 1 N–H and O–H groups in total. The number of carbonyl (C=O) groups is 1. The van der Waals surface area contributed by atoms with Crippen molar-refractivity contribution in [1.82, 2.24) is 4.90 Å². The van der Waals surface area contributed by atoms with Crippen molar-refractivity contribution in [2.24, 2.45) is 0 Å². The molecule has 0 aliphatic carbocycles. The molecule has 116 valence electrons. The van der Waals surface area contributed by atoms with Crippen molar-refractivity contribution in [3.63, 3.8) is 0 Å². The standard InChI is InChI=1S/C16H22FNO3/c1-11(14-12(17)7-6-8-13(14)21-3)18-10-5-4-9-16(18,2)15(19)20/h6-8,11H,4-5,9-10H2,1-3H3,(H,19,20). The van der Waals surface area contributed by atoms with Crippen LogP contribution in [-0.2, 0) is 4.79 Å². The third-order valence-corrected chi connectivity index (χ3v) is 4.53. The summed E-state index contributed by atoms with van der Waals surface area (Å²) in [6.07, 6.45) is 2.37. The van der Waals surface area contributed by atoms with Crippen LogP contribution < -0.4 is 4.74 Å². The van der Waals surface area contributed by atoms with Gasteiger partial charge in [-0.25, -0.2) is 4.39 Å². The van der Waals surface area contributed by atoms with E-state index in [0.717, 1.165) is 12.8 Å². The maximum atomic E-state index is 14.2. The topological polar surface area (TPSA) is 49.8 Å². The zero-order valence-corrected chi connectivity index (χ0v) is 12.7. The number of carboxylic acid groups (broad SMARTS) is 1. The largest absolute Gasteiger partial charge is 0.496 e. The van der Waals surface area contributed by atoms with Crippen molar-refractivity contribution in [2.45, 2.75) is 44.7 Å². The molecule has 2 rings (SSSR count). The first-order valence-corrected chi connectivity index (χ1v) is 7.24. The van der Waals surface area contributed by atoms with Gasteiger partial charge >= 0.3 is 5.97 Å². The minimum Gasteiger partial charge on any atom is -0.496 e. The monoisotopic (exact) mass is 295 g/mol. The fourth-order valence-corrected chi connectivity index (χ4v) is 3.25. The van der Waals surface area contributed by atoms with Gasteiger partial charge in [0.2, 0.25) is 0 Å². The second kappa shape index (κ2) is 6.02. The van der Waals surface area contributed by atoms with Gasteiger partial charge in [0, 0.05) is 11.6 Å². The molecule has 0 spiro atoms. The van der Waals surface area contributed by atoms with Crippen molar-refractivity contribution in [2.75, 3.05) is 13.7 Å². The third kappa shape index (κ3) is 2.75. The molecule has 1 saturated heterocycles. The maximum absolute atomic E-state index is 14.2. The molecule has 1 aliphatic rings. The van der Waals surface area contributed by atoms with E-state index in [4.69, 9.17) is 4.74 Å². The minimum absolute atomic E-state index is 0.359. The van der Waals surface area contributed by atoms with E-state index in [-0.39, 0.29) is 11.9 Å². The van der Waals surface area contributed by atoms with E-state index in [2.05, 4.69) is 0 Å². The van der Waals surface area contributed by atoms with Crippen molar-refractivity contribution < 1.29 is 19.0 Å². The van der Waals surface area contributed by atoms with Crippen LogP contribution >= 0.6 is 0 Å². The number of ether oxygens (including phenoxy) is 1. The summed E-state index contributed by atoms with van der Waals surface area (Å²) in [6, 6.07) is 4.33. The Bertz CT molecular complexity index is 534. The Labute approximate surface area is 124 Å². The molecule has 1 aromatic carbocycles. The van der Waals surface area contributed by atoms with Crippen molar-refractivity contribution >= 4 is 5.97 Å². The van der Waals surface area contributed by atoms with Crippen LogP contribution in [0.1, 0.15) is 44.7 Å². The molecule has 0 saturated carbocycles. The Morgan fingerprint density at radius 1 is 1.48 bits per heavy atom. The number of hydrogen-bond donors (Lipinski definition) is 1. The SMILES string of the molecule is COc1cccc(F)c1C(C)N1CCCCC1(C)C(=O)O. The molecule has 1 heterocycles. The number of rotatable bonds is 4. The van der Waals surface area contributed by atoms with Crippen LogP contribution in [0.3, 0.4) is 0 Å². The number of nitrogens with zero attached hydrogens (tertiary/aromatic N) is 1. The Balaban J connectivity index is 2.43. The molecule has 5 heteroatoms. The Kier molecular flexibility index (Phi) is 4.52. The summed E-state index contributed by atoms with van der Waals surface area (Å²) >= 11 is 0. The quantitative estimate of drug-likeness (QED) is 0.926. The number of halogens is 1. The van der Waals surface area contributed by atoms with E-state index in [1.165, 1.54) is 13.2 Å². The van der Waals surface area contributed by atoms with E-state index in [0.29, 0.717) is 24.3 Å². The van der Waals surface area contributed by atoms with Crippen LogP contribution in [0.25, 0.3) is 0 Å². The van der Waals surface area contributed by atoms with Gasteiger partial charge in [0.15, 0.2) is 0 Å². The number of methoxy groups -OCH3 is 1. The van der Waals surface area contributed by atoms with Gasteiger partial charge in [0.25, 0.3) is 0 Å². The number of likely N-dealkylation sites (tertiary alicyclic amines) is 1. The van der Waals surface area contributed by atoms with E-state index < -0.39 is 11.5 Å². The lowest BCUT2D eigenvalue weighted by Gasteiger charge is -2.45. The molecule has 1 fully saturated rings. The second-order valence-corrected chi connectivity index (χ2v) is 5.76. The Morgan fingerprint density at radius 3 is 2.81 bits per heavy atom. The summed E-state index contributed by atoms with van der Waals surface area (Å²) in [5, 5.41) is 9.59. The Hall–Kier alpha value is -1.62. The predicted molar refractivity (Wildman–Crippen MR) is 78.0 cm³/mol. The average molecular weight is 295 g/mol. The van der Waals surface area contributed by atoms with E-state index in [1.807, 2.05) is 11.8 Å². The molecular formula is C16H22FNO3. The number of aliphatic carboxylic acids is 1. The van der Waals surface area contributed by atoms with Crippen LogP contribution in [0.5, 0.6) is 5.75 Å². The summed E-state index contributed by atoms with van der Waals surface area (Å²) < 4.78 is 19.5. The van der Waals surface area contributed by atoms with E-state index in [9.17, 15) is 14.3 Å². The van der Waals surface area contributed by atoms with Gasteiger partial charge in [-0.05, 0) is 51.8 Å². The lowest BCUT2D eigenvalue weighted by Crippen LogP contribution is -2.55. The maximum Gasteiger partial charge on any atom is 0.323 e. The third-order valence-electron chi connectivity index (χ3n) is 4.53. The van der Waals surface area contributed by atoms with Gasteiger partial charge < -0.3 is 9.84 Å². The zero-order chi connectivity index (χ0) is 15.6. The second-order valence-electron chi connectivity index (χ2n) is 5.76. The van der Waals surface area contributed by atoms with Crippen LogP contribution in [0.15, 0.2) is 18.2 Å². The number of hydrogen-bond acceptors (Lipinski definition) is 3. The highest BCUT2D eigenvalue weighted by molar-refractivity contribution is 5.78. The predicted octanol–water partition coefficient (Wildman–Crippen LogP) is 3.22. The summed E-state index contributed by atoms with van der Waals surface area (Å²) in [5.74, 6) is -0.759. The molecule has 21 heavy (non-hydrogen) atoms. The van der Waals surface area contributed by atoms with Gasteiger partial charge in [0.05, 0.1) is 7.11 Å². The molecule has 0 aromatic heterocycles. The zero-order valence-electron chi connectivity index (χ0n) is 12.7. The molecule has 4 nitrogen and oxygen atoms in total. The van der Waals surface area contributed by atoms with E-state index >= 15 is 0 Å². The highest BCUT2D eigenvalue weighted by Gasteiger charge is 2.44. The van der Waals surface area contributed by atoms with Crippen LogP contribution in [-0.4, -0.2) is 35.2 Å². The van der Waals surface area contributed by atoms with Crippen LogP contribution in [0, 0.1) is 5.82 Å². The van der Waals surface area contributed by atoms with Gasteiger partial charge in [0.1, 0.15) is 17.1 Å². The van der Waals surface area contributed by atoms with Crippen molar-refractivity contribution in [3.05, 3.63) is 29.6 Å². The lowest BCUT2D eigenvalue weighted by atomic mass is 9.85. The summed E-state index contributed by atoms with van der Waals surface area (Å²) in [5.41, 5.74) is -0.542. The summed E-state index contributed by atoms with van der Waals surface area (Å²) in [7, 11) is 1.50. The first kappa shape index (κ1) is 15.8. The molecular weight excluding hydrogens is 273 g/mol. The molecule has 0 amide bonds. The number of piperidine rings is 1. The fourth-order valence-electron chi connectivity index (χ4n) is 3.25. The molecule has 1 aromatic rings. The smallest absolute Gasteiger partial charge is 0.323 e. The van der Waals surface area contributed by atoms with Crippen molar-refractivity contribution in [3.8, 4) is 5.75 Å². The van der Waals surface area contributed by atoms with Gasteiger partial charge in [-0.2, -0.15) is 0 Å². The van der Waals surface area contributed by atoms with Crippen LogP contribution in [0.4, 0.5) is 4.39 Å².